The average molecular weight is 294 g/mol. The van der Waals surface area contributed by atoms with Crippen LogP contribution < -0.4 is 0 Å². The number of pyridine rings is 1. The van der Waals surface area contributed by atoms with E-state index < -0.39 is 0 Å². The molecule has 0 saturated carbocycles. The van der Waals surface area contributed by atoms with Gasteiger partial charge in [-0.1, -0.05) is 78.2 Å². The summed E-state index contributed by atoms with van der Waals surface area (Å²) < 4.78 is 2.64. The van der Waals surface area contributed by atoms with E-state index >= 15 is 0 Å². The summed E-state index contributed by atoms with van der Waals surface area (Å²) >= 11 is 7.23. The van der Waals surface area contributed by atoms with E-state index in [1.165, 1.54) is 5.39 Å². The fourth-order valence-corrected chi connectivity index (χ4v) is 3.66. The molecule has 4 aromatic rings. The topological polar surface area (TPSA) is 17.3 Å². The molecule has 0 aliphatic rings. The zero-order valence-electron chi connectivity index (χ0n) is 10.5. The highest BCUT2D eigenvalue weighted by atomic mass is 32.1. The number of hydrogen-bond acceptors (Lipinski definition) is 3. The molecule has 0 saturated heterocycles. The first-order valence-corrected chi connectivity index (χ1v) is 7.52. The second kappa shape index (κ2) is 4.51. The van der Waals surface area contributed by atoms with Crippen LogP contribution in [-0.2, 0) is 0 Å². The van der Waals surface area contributed by atoms with Crippen LogP contribution in [0.1, 0.15) is 0 Å². The molecule has 4 heteroatoms. The van der Waals surface area contributed by atoms with Gasteiger partial charge in [0.2, 0.25) is 0 Å². The van der Waals surface area contributed by atoms with Crippen molar-refractivity contribution in [2.75, 3.05) is 0 Å². The molecule has 2 aromatic heterocycles. The molecular formula is C16H10N2S2. The first-order chi connectivity index (χ1) is 9.83. The van der Waals surface area contributed by atoms with E-state index in [0.717, 1.165) is 25.4 Å². The lowest BCUT2D eigenvalue weighted by atomic mass is 10.2. The Hall–Kier alpha value is -2.04. The summed E-state index contributed by atoms with van der Waals surface area (Å²) in [5, 5.41) is 7.90. The first kappa shape index (κ1) is 11.8. The highest BCUT2D eigenvalue weighted by Gasteiger charge is 2.08. The minimum Gasteiger partial charge on any atom is -0.211 e. The highest BCUT2D eigenvalue weighted by Crippen LogP contribution is 2.28. The summed E-state index contributed by atoms with van der Waals surface area (Å²) in [7, 11) is 0. The van der Waals surface area contributed by atoms with Gasteiger partial charge < -0.3 is 0 Å². The third-order valence-corrected chi connectivity index (χ3v) is 4.69. The fourth-order valence-electron chi connectivity index (χ4n) is 2.30. The van der Waals surface area contributed by atoms with Crippen LogP contribution in [0.25, 0.3) is 26.2 Å². The monoisotopic (exact) mass is 294 g/mol. The number of fused-ring (bicyclic) bond motifs is 2. The third-order valence-electron chi connectivity index (χ3n) is 3.28. The minimum atomic E-state index is 0.775. The number of benzene rings is 2. The normalized spacial score (nSPS) is 11.2. The maximum Gasteiger partial charge on any atom is 0.146 e. The Kier molecular flexibility index (Phi) is 2.65. The first-order valence-electron chi connectivity index (χ1n) is 6.30. The number of aromatic nitrogens is 2. The zero-order chi connectivity index (χ0) is 13.5. The third kappa shape index (κ3) is 1.77. The summed E-state index contributed by atoms with van der Waals surface area (Å²) in [4.78, 5) is 1.08. The van der Waals surface area contributed by atoms with Gasteiger partial charge in [-0.05, 0) is 11.5 Å². The molecule has 0 amide bonds. The Bertz CT molecular complexity index is 968. The summed E-state index contributed by atoms with van der Waals surface area (Å²) in [5.41, 5.74) is 1.12. The van der Waals surface area contributed by atoms with Crippen molar-refractivity contribution in [2.45, 2.75) is 0 Å². The van der Waals surface area contributed by atoms with E-state index in [4.69, 9.17) is 12.2 Å². The van der Waals surface area contributed by atoms with Crippen LogP contribution in [0.3, 0.4) is 0 Å². The maximum atomic E-state index is 5.57. The van der Waals surface area contributed by atoms with Crippen LogP contribution in [-0.4, -0.2) is 9.61 Å². The summed E-state index contributed by atoms with van der Waals surface area (Å²) in [6.45, 7) is 0. The van der Waals surface area contributed by atoms with Gasteiger partial charge in [-0.2, -0.15) is 5.10 Å². The lowest BCUT2D eigenvalue weighted by molar-refractivity contribution is 0.960. The van der Waals surface area contributed by atoms with Crippen molar-refractivity contribution in [1.82, 2.24) is 9.61 Å². The second-order valence-corrected chi connectivity index (χ2v) is 5.96. The highest BCUT2D eigenvalue weighted by molar-refractivity contribution is 7.71. The Balaban J connectivity index is 2.07. The van der Waals surface area contributed by atoms with Crippen LogP contribution in [0.5, 0.6) is 0 Å². The van der Waals surface area contributed by atoms with Crippen molar-refractivity contribution in [3.8, 4) is 10.6 Å². The average Bonchev–Trinajstić information content (AvgIpc) is 2.93. The van der Waals surface area contributed by atoms with Gasteiger partial charge in [-0.3, -0.25) is 0 Å². The zero-order valence-corrected chi connectivity index (χ0v) is 12.1. The molecule has 0 atom stereocenters. The van der Waals surface area contributed by atoms with E-state index in [2.05, 4.69) is 29.4 Å². The van der Waals surface area contributed by atoms with E-state index in [-0.39, 0.29) is 0 Å². The molecule has 2 heterocycles. The van der Waals surface area contributed by atoms with Gasteiger partial charge in [0.1, 0.15) is 14.5 Å². The quantitative estimate of drug-likeness (QED) is 0.462. The lowest BCUT2D eigenvalue weighted by Gasteiger charge is -1.98. The number of rotatable bonds is 1. The minimum absolute atomic E-state index is 0.775. The lowest BCUT2D eigenvalue weighted by Crippen LogP contribution is -1.90. The molecular weight excluding hydrogens is 284 g/mol. The Labute approximate surface area is 124 Å². The van der Waals surface area contributed by atoms with Crippen molar-refractivity contribution in [1.29, 1.82) is 0 Å². The van der Waals surface area contributed by atoms with E-state index in [0.29, 0.717) is 0 Å². The predicted molar refractivity (Wildman–Crippen MR) is 86.8 cm³/mol. The van der Waals surface area contributed by atoms with Gasteiger partial charge in [0, 0.05) is 10.9 Å². The summed E-state index contributed by atoms with van der Waals surface area (Å²) in [6.07, 6.45) is 0. The summed E-state index contributed by atoms with van der Waals surface area (Å²) in [5.74, 6) is 0. The van der Waals surface area contributed by atoms with Crippen LogP contribution >= 0.6 is 23.6 Å². The van der Waals surface area contributed by atoms with E-state index in [1.807, 2.05) is 40.9 Å². The molecule has 0 bridgehead atoms. The van der Waals surface area contributed by atoms with Crippen molar-refractivity contribution in [3.63, 3.8) is 0 Å². The van der Waals surface area contributed by atoms with Gasteiger partial charge >= 0.3 is 0 Å². The second-order valence-electron chi connectivity index (χ2n) is 4.56. The van der Waals surface area contributed by atoms with Crippen molar-refractivity contribution >= 4 is 39.2 Å². The van der Waals surface area contributed by atoms with Crippen molar-refractivity contribution < 1.29 is 0 Å². The van der Waals surface area contributed by atoms with Gasteiger partial charge in [0.15, 0.2) is 0 Å². The van der Waals surface area contributed by atoms with Gasteiger partial charge in [-0.25, -0.2) is 4.52 Å². The van der Waals surface area contributed by atoms with Crippen molar-refractivity contribution in [3.05, 3.63) is 65.3 Å². The molecule has 0 radical (unpaired) electrons. The molecule has 2 nitrogen and oxygen atoms in total. The molecule has 0 unspecified atom stereocenters. The molecule has 4 rings (SSSR count). The van der Waals surface area contributed by atoms with Crippen LogP contribution in [0.15, 0.2) is 60.7 Å². The predicted octanol–water partition coefficient (Wildman–Crippen LogP) is 4.95. The van der Waals surface area contributed by atoms with Crippen LogP contribution in [0.4, 0.5) is 0 Å². The molecule has 20 heavy (non-hydrogen) atoms. The van der Waals surface area contributed by atoms with E-state index in [1.54, 1.807) is 11.3 Å². The molecule has 96 valence electrons. The molecule has 0 spiro atoms. The Morgan fingerprint density at radius 3 is 2.55 bits per heavy atom. The SMILES string of the molecule is S=c1c2ccccc2cc2sc(-c3ccccc3)nn12. The molecule has 2 aromatic carbocycles. The molecule has 0 N–H and O–H groups in total. The Morgan fingerprint density at radius 1 is 0.950 bits per heavy atom. The van der Waals surface area contributed by atoms with Gasteiger partial charge in [-0.15, -0.1) is 0 Å². The molecule has 0 fully saturated rings. The van der Waals surface area contributed by atoms with Gasteiger partial charge in [0.05, 0.1) is 0 Å². The van der Waals surface area contributed by atoms with Crippen LogP contribution in [0.2, 0.25) is 0 Å². The van der Waals surface area contributed by atoms with Crippen molar-refractivity contribution in [2.24, 2.45) is 0 Å². The molecule has 0 aliphatic heterocycles. The largest absolute Gasteiger partial charge is 0.211 e. The molecule has 0 aliphatic carbocycles. The van der Waals surface area contributed by atoms with Gasteiger partial charge in [0.25, 0.3) is 0 Å². The number of nitrogens with zero attached hydrogens (tertiary/aromatic N) is 2. The number of hydrogen-bond donors (Lipinski definition) is 0. The van der Waals surface area contributed by atoms with E-state index in [9.17, 15) is 0 Å². The fraction of sp³-hybridized carbons (Fsp3) is 0. The van der Waals surface area contributed by atoms with Crippen LogP contribution in [0, 0.1) is 4.64 Å². The Morgan fingerprint density at radius 2 is 1.70 bits per heavy atom. The maximum absolute atomic E-state index is 5.57. The summed E-state index contributed by atoms with van der Waals surface area (Å²) in [6, 6.07) is 20.5. The smallest absolute Gasteiger partial charge is 0.146 e. The standard InChI is InChI=1S/C16H10N2S2/c19-16-13-9-5-4-8-12(13)10-14-18(16)17-15(20-14)11-6-2-1-3-7-11/h1-10H.